The second-order valence-electron chi connectivity index (χ2n) is 12.5. The van der Waals surface area contributed by atoms with Gasteiger partial charge >= 0.3 is 11.7 Å². The van der Waals surface area contributed by atoms with Gasteiger partial charge in [-0.2, -0.15) is 0 Å². The zero-order valence-corrected chi connectivity index (χ0v) is 27.6. The summed E-state index contributed by atoms with van der Waals surface area (Å²) >= 11 is 6.39. The minimum Gasteiger partial charge on any atom is -0.397 e. The number of nitrogens with one attached hydrogen (secondary N) is 2. The lowest BCUT2D eigenvalue weighted by molar-refractivity contribution is -0.133. The highest BCUT2D eigenvalue weighted by atomic mass is 35.5. The van der Waals surface area contributed by atoms with E-state index in [9.17, 15) is 14.4 Å². The van der Waals surface area contributed by atoms with Crippen LogP contribution in [0.2, 0.25) is 5.02 Å². The van der Waals surface area contributed by atoms with Crippen LogP contribution in [0, 0.1) is 12.3 Å². The molecule has 12 nitrogen and oxygen atoms in total. The molecule has 0 saturated carbocycles. The summed E-state index contributed by atoms with van der Waals surface area (Å²) in [5.41, 5.74) is 10.7. The highest BCUT2D eigenvalue weighted by molar-refractivity contribution is 6.33. The van der Waals surface area contributed by atoms with Gasteiger partial charge in [-0.3, -0.25) is 19.3 Å². The third-order valence-electron chi connectivity index (χ3n) is 9.58. The van der Waals surface area contributed by atoms with E-state index in [1.165, 1.54) is 0 Å². The van der Waals surface area contributed by atoms with E-state index in [-0.39, 0.29) is 30.1 Å². The predicted molar refractivity (Wildman–Crippen MR) is 191 cm³/mol. The Balaban J connectivity index is 1.06. The largest absolute Gasteiger partial charge is 0.397 e. The average Bonchev–Trinajstić information content (AvgIpc) is 3.49. The first-order chi connectivity index (χ1) is 23.8. The first-order valence-electron chi connectivity index (χ1n) is 16.3. The number of hydrogen-bond acceptors (Lipinski definition) is 7. The Kier molecular flexibility index (Phi) is 8.84. The first-order valence-corrected chi connectivity index (χ1v) is 16.7. The van der Waals surface area contributed by atoms with Crippen LogP contribution in [0.4, 0.5) is 16.2 Å². The van der Waals surface area contributed by atoms with Crippen LogP contribution in [0.5, 0.6) is 0 Å². The molecule has 13 heteroatoms. The normalized spacial score (nSPS) is 16.1. The maximum Gasteiger partial charge on any atom is 0.326 e. The molecule has 1 atom stereocenters. The SMILES string of the molecule is C#Cc1cc(C[C@@H](NC(=O)N2CCC(n3c(=O)[nH]c4c5ccccc5ncc43)CC2)C(=O)N2CCN(c3ccncc3)CC2)cc(Cl)c1N. The summed E-state index contributed by atoms with van der Waals surface area (Å²) < 4.78 is 1.76. The minimum atomic E-state index is -0.862. The summed E-state index contributed by atoms with van der Waals surface area (Å²) in [4.78, 5) is 58.3. The number of halogens is 1. The maximum absolute atomic E-state index is 14.1. The third kappa shape index (κ3) is 6.37. The molecule has 5 aromatic rings. The Labute approximate surface area is 287 Å². The fourth-order valence-electron chi connectivity index (χ4n) is 6.96. The molecule has 2 aliphatic rings. The van der Waals surface area contributed by atoms with E-state index in [1.807, 2.05) is 36.4 Å². The van der Waals surface area contributed by atoms with Crippen molar-refractivity contribution in [3.8, 4) is 12.3 Å². The Hall–Kier alpha value is -5.54. The molecule has 3 amide bonds. The number of fused-ring (bicyclic) bond motifs is 3. The molecule has 0 aliphatic carbocycles. The Morgan fingerprint density at radius 2 is 1.78 bits per heavy atom. The van der Waals surface area contributed by atoms with Gasteiger partial charge in [-0.1, -0.05) is 35.7 Å². The maximum atomic E-state index is 14.1. The summed E-state index contributed by atoms with van der Waals surface area (Å²) in [6, 6.07) is 13.7. The van der Waals surface area contributed by atoms with E-state index in [0.717, 1.165) is 27.6 Å². The quantitative estimate of drug-likeness (QED) is 0.183. The Morgan fingerprint density at radius 3 is 2.51 bits per heavy atom. The molecule has 49 heavy (non-hydrogen) atoms. The molecular weight excluding hydrogens is 642 g/mol. The summed E-state index contributed by atoms with van der Waals surface area (Å²) in [5.74, 6) is 2.37. The number of carbonyl (C=O) groups excluding carboxylic acids is 2. The van der Waals surface area contributed by atoms with E-state index >= 15 is 0 Å². The smallest absolute Gasteiger partial charge is 0.326 e. The molecule has 0 radical (unpaired) electrons. The molecule has 2 fully saturated rings. The van der Waals surface area contributed by atoms with Crippen molar-refractivity contribution in [1.29, 1.82) is 0 Å². The number of para-hydroxylation sites is 1. The van der Waals surface area contributed by atoms with Gasteiger partial charge in [-0.05, 0) is 48.7 Å². The number of H-pyrrole nitrogens is 1. The zero-order valence-electron chi connectivity index (χ0n) is 26.8. The van der Waals surface area contributed by atoms with Crippen LogP contribution in [0.3, 0.4) is 0 Å². The number of nitrogen functional groups attached to an aromatic ring is 1. The Bertz CT molecular complexity index is 2130. The predicted octanol–water partition coefficient (Wildman–Crippen LogP) is 3.80. The van der Waals surface area contributed by atoms with E-state index in [4.69, 9.17) is 23.8 Å². The molecule has 250 valence electrons. The molecule has 0 unspecified atom stereocenters. The summed E-state index contributed by atoms with van der Waals surface area (Å²) in [6.07, 6.45) is 12.2. The molecule has 0 spiro atoms. The standard InChI is InChI=1S/C36H36ClN9O3/c1-2-24-19-23(20-28(37)32(24)38)21-30(34(47)44-17-15-43(16-18-44)25-7-11-39-12-8-25)41-35(48)45-13-9-26(10-14-45)46-31-22-40-29-6-4-3-5-27(29)33(31)42-36(46)49/h1,3-8,11-12,19-20,22,26,30H,9-10,13-18,21,38H2,(H,41,48)(H,42,49)/t30-/m1/s1. The van der Waals surface area contributed by atoms with Crippen LogP contribution in [-0.2, 0) is 11.2 Å². The van der Waals surface area contributed by atoms with Crippen molar-refractivity contribution >= 4 is 56.9 Å². The fraction of sp³-hybridized carbons (Fsp3) is 0.306. The van der Waals surface area contributed by atoms with E-state index < -0.39 is 6.04 Å². The van der Waals surface area contributed by atoms with Crippen LogP contribution < -0.4 is 21.6 Å². The van der Waals surface area contributed by atoms with Crippen molar-refractivity contribution in [3.63, 3.8) is 0 Å². The number of hydrogen-bond donors (Lipinski definition) is 3. The lowest BCUT2D eigenvalue weighted by atomic mass is 10.0. The minimum absolute atomic E-state index is 0.110. The number of amides is 3. The summed E-state index contributed by atoms with van der Waals surface area (Å²) in [7, 11) is 0. The van der Waals surface area contributed by atoms with Crippen molar-refractivity contribution in [2.75, 3.05) is 49.9 Å². The number of aromatic nitrogens is 4. The van der Waals surface area contributed by atoms with Crippen LogP contribution in [0.1, 0.15) is 30.0 Å². The van der Waals surface area contributed by atoms with Gasteiger partial charge in [0.2, 0.25) is 5.91 Å². The van der Waals surface area contributed by atoms with Crippen molar-refractivity contribution in [2.45, 2.75) is 31.3 Å². The highest BCUT2D eigenvalue weighted by Gasteiger charge is 2.32. The topological polar surface area (TPSA) is 145 Å². The number of pyridine rings is 2. The number of likely N-dealkylation sites (tertiary alicyclic amines) is 1. The monoisotopic (exact) mass is 677 g/mol. The molecule has 4 N–H and O–H groups in total. The fourth-order valence-corrected chi connectivity index (χ4v) is 7.20. The number of carbonyl (C=O) groups is 2. The average molecular weight is 678 g/mol. The lowest BCUT2D eigenvalue weighted by Crippen LogP contribution is -2.57. The van der Waals surface area contributed by atoms with E-state index in [1.54, 1.807) is 45.1 Å². The van der Waals surface area contributed by atoms with Crippen LogP contribution in [-0.4, -0.2) is 86.6 Å². The van der Waals surface area contributed by atoms with Gasteiger partial charge in [0.05, 0.1) is 33.5 Å². The molecule has 2 aliphatic heterocycles. The van der Waals surface area contributed by atoms with Crippen molar-refractivity contribution in [2.24, 2.45) is 0 Å². The van der Waals surface area contributed by atoms with Gasteiger partial charge in [-0.15, -0.1) is 6.42 Å². The molecule has 7 rings (SSSR count). The molecular formula is C36H36ClN9O3. The second kappa shape index (κ2) is 13.5. The van der Waals surface area contributed by atoms with Gasteiger partial charge in [-0.25, -0.2) is 9.59 Å². The molecule has 5 heterocycles. The Morgan fingerprint density at radius 1 is 1.04 bits per heavy atom. The number of anilines is 2. The molecule has 2 saturated heterocycles. The number of rotatable bonds is 6. The van der Waals surface area contributed by atoms with Crippen LogP contribution in [0.15, 0.2) is 71.9 Å². The van der Waals surface area contributed by atoms with Gasteiger partial charge < -0.3 is 30.7 Å². The number of benzene rings is 2. The summed E-state index contributed by atoms with van der Waals surface area (Å²) in [6.45, 7) is 3.13. The van der Waals surface area contributed by atoms with Crippen molar-refractivity contribution in [3.05, 3.63) is 93.8 Å². The van der Waals surface area contributed by atoms with E-state index in [0.29, 0.717) is 73.9 Å². The number of terminal acetylenes is 1. The summed E-state index contributed by atoms with van der Waals surface area (Å²) in [5, 5.41) is 4.21. The first kappa shape index (κ1) is 32.0. The van der Waals surface area contributed by atoms with Crippen molar-refractivity contribution < 1.29 is 9.59 Å². The number of piperidine rings is 1. The van der Waals surface area contributed by atoms with Crippen molar-refractivity contribution in [1.82, 2.24) is 34.6 Å². The lowest BCUT2D eigenvalue weighted by Gasteiger charge is -2.38. The molecule has 2 aromatic carbocycles. The highest BCUT2D eigenvalue weighted by Crippen LogP contribution is 2.29. The molecule has 0 bridgehead atoms. The number of nitrogens with zero attached hydrogens (tertiary/aromatic N) is 6. The van der Waals surface area contributed by atoms with E-state index in [2.05, 4.69) is 31.1 Å². The van der Waals surface area contributed by atoms with Gasteiger partial charge in [0.25, 0.3) is 0 Å². The number of piperazine rings is 1. The number of nitrogens with two attached hydrogens (primary N) is 1. The van der Waals surface area contributed by atoms with Gasteiger partial charge in [0.15, 0.2) is 0 Å². The number of imidazole rings is 1. The number of aromatic amines is 1. The second-order valence-corrected chi connectivity index (χ2v) is 12.9. The van der Waals surface area contributed by atoms with Crippen LogP contribution >= 0.6 is 11.6 Å². The molecule has 3 aromatic heterocycles. The van der Waals surface area contributed by atoms with Gasteiger partial charge in [0.1, 0.15) is 6.04 Å². The van der Waals surface area contributed by atoms with Gasteiger partial charge in [0, 0.05) is 80.8 Å². The zero-order chi connectivity index (χ0) is 34.1. The number of urea groups is 1. The third-order valence-corrected chi connectivity index (χ3v) is 9.89. The van der Waals surface area contributed by atoms with Crippen LogP contribution in [0.25, 0.3) is 21.9 Å².